The average molecular weight is 305 g/mol. The summed E-state index contributed by atoms with van der Waals surface area (Å²) in [7, 11) is 0. The van der Waals surface area contributed by atoms with E-state index in [1.54, 1.807) is 26.0 Å². The number of carbonyl (C=O) groups is 2. The number of anilines is 2. The van der Waals surface area contributed by atoms with Crippen LogP contribution in [0.2, 0.25) is 0 Å². The molecule has 2 atom stereocenters. The predicted octanol–water partition coefficient (Wildman–Crippen LogP) is 2.12. The minimum atomic E-state index is -0.497. The second-order valence-corrected chi connectivity index (χ2v) is 6.57. The minimum Gasteiger partial charge on any atom is -0.479 e. The monoisotopic (exact) mass is 305 g/mol. The fourth-order valence-electron chi connectivity index (χ4n) is 2.09. The molecule has 0 unspecified atom stereocenters. The van der Waals surface area contributed by atoms with Crippen molar-refractivity contribution in [1.82, 2.24) is 5.32 Å². The zero-order valence-electron chi connectivity index (χ0n) is 13.6. The van der Waals surface area contributed by atoms with Gasteiger partial charge in [-0.2, -0.15) is 0 Å². The van der Waals surface area contributed by atoms with Crippen molar-refractivity contribution in [2.75, 3.05) is 10.6 Å². The van der Waals surface area contributed by atoms with Crippen LogP contribution in [0.3, 0.4) is 0 Å². The van der Waals surface area contributed by atoms with Gasteiger partial charge < -0.3 is 20.7 Å². The largest absolute Gasteiger partial charge is 0.479 e. The lowest BCUT2D eigenvalue weighted by Crippen LogP contribution is -2.47. The first-order valence-electron chi connectivity index (χ1n) is 7.36. The highest BCUT2D eigenvalue weighted by Gasteiger charge is 2.24. The van der Waals surface area contributed by atoms with Crippen molar-refractivity contribution in [1.29, 1.82) is 0 Å². The molecule has 0 saturated carbocycles. The molecular formula is C16H23N3O3. The molecule has 1 aromatic carbocycles. The molecule has 1 heterocycles. The molecule has 1 aromatic rings. The van der Waals surface area contributed by atoms with Gasteiger partial charge in [-0.1, -0.05) is 0 Å². The lowest BCUT2D eigenvalue weighted by Gasteiger charge is -2.26. The van der Waals surface area contributed by atoms with Crippen molar-refractivity contribution in [3.8, 4) is 5.75 Å². The van der Waals surface area contributed by atoms with Crippen LogP contribution in [-0.2, 0) is 9.59 Å². The van der Waals surface area contributed by atoms with Crippen molar-refractivity contribution in [3.05, 3.63) is 18.2 Å². The number of hydrogen-bond acceptors (Lipinski definition) is 4. The topological polar surface area (TPSA) is 79.5 Å². The number of carbonyl (C=O) groups excluding carboxylic acids is 2. The Morgan fingerprint density at radius 2 is 2.05 bits per heavy atom. The maximum Gasteiger partial charge on any atom is 0.265 e. The summed E-state index contributed by atoms with van der Waals surface area (Å²) >= 11 is 0. The van der Waals surface area contributed by atoms with E-state index in [4.69, 9.17) is 4.74 Å². The summed E-state index contributed by atoms with van der Waals surface area (Å²) in [5.74, 6) is 0.367. The van der Waals surface area contributed by atoms with E-state index in [1.165, 1.54) is 0 Å². The summed E-state index contributed by atoms with van der Waals surface area (Å²) in [6, 6.07) is 4.97. The normalized spacial score (nSPS) is 18.6. The van der Waals surface area contributed by atoms with E-state index in [9.17, 15) is 9.59 Å². The van der Waals surface area contributed by atoms with Crippen LogP contribution in [-0.4, -0.2) is 29.5 Å². The SMILES string of the molecule is C[C@H](Nc1ccc2c(c1)NC(=O)[C@@H](C)O2)C(=O)NC(C)(C)C. The Hall–Kier alpha value is -2.24. The molecule has 120 valence electrons. The zero-order valence-corrected chi connectivity index (χ0v) is 13.6. The van der Waals surface area contributed by atoms with Crippen LogP contribution < -0.4 is 20.7 Å². The van der Waals surface area contributed by atoms with Gasteiger partial charge in [-0.15, -0.1) is 0 Å². The molecule has 2 rings (SSSR count). The van der Waals surface area contributed by atoms with Gasteiger partial charge in [-0.3, -0.25) is 9.59 Å². The summed E-state index contributed by atoms with van der Waals surface area (Å²) in [4.78, 5) is 23.7. The molecule has 3 N–H and O–H groups in total. The van der Waals surface area contributed by atoms with Gasteiger partial charge in [-0.05, 0) is 52.8 Å². The number of fused-ring (bicyclic) bond motifs is 1. The number of ether oxygens (including phenoxy) is 1. The summed E-state index contributed by atoms with van der Waals surface area (Å²) in [5, 5.41) is 8.83. The molecule has 0 aromatic heterocycles. The van der Waals surface area contributed by atoms with E-state index in [1.807, 2.05) is 26.8 Å². The summed E-state index contributed by atoms with van der Waals surface area (Å²) in [6.07, 6.45) is -0.497. The van der Waals surface area contributed by atoms with E-state index >= 15 is 0 Å². The predicted molar refractivity (Wildman–Crippen MR) is 86.1 cm³/mol. The van der Waals surface area contributed by atoms with Gasteiger partial charge in [0.2, 0.25) is 5.91 Å². The lowest BCUT2D eigenvalue weighted by atomic mass is 10.1. The third-order valence-electron chi connectivity index (χ3n) is 3.19. The van der Waals surface area contributed by atoms with Crippen molar-refractivity contribution < 1.29 is 14.3 Å². The smallest absolute Gasteiger partial charge is 0.265 e. The molecule has 0 fully saturated rings. The molecule has 22 heavy (non-hydrogen) atoms. The fourth-order valence-corrected chi connectivity index (χ4v) is 2.09. The number of rotatable bonds is 3. The number of amides is 2. The molecule has 0 saturated heterocycles. The van der Waals surface area contributed by atoms with Gasteiger partial charge in [0.05, 0.1) is 5.69 Å². The number of nitrogens with one attached hydrogen (secondary N) is 3. The van der Waals surface area contributed by atoms with Crippen molar-refractivity contribution in [2.24, 2.45) is 0 Å². The highest BCUT2D eigenvalue weighted by atomic mass is 16.5. The Labute approximate surface area is 130 Å². The van der Waals surface area contributed by atoms with Gasteiger partial charge in [0.1, 0.15) is 11.8 Å². The van der Waals surface area contributed by atoms with Crippen molar-refractivity contribution >= 4 is 23.2 Å². The molecule has 0 bridgehead atoms. The fraction of sp³-hybridized carbons (Fsp3) is 0.500. The highest BCUT2D eigenvalue weighted by Crippen LogP contribution is 2.32. The standard InChI is InChI=1S/C16H23N3O3/c1-9(14(20)19-16(3,4)5)17-11-6-7-13-12(8-11)18-15(21)10(2)22-13/h6-10,17H,1-5H3,(H,18,21)(H,19,20)/t9-,10+/m0/s1. The van der Waals surface area contributed by atoms with Crippen LogP contribution in [0.25, 0.3) is 0 Å². The molecule has 0 aliphatic carbocycles. The summed E-state index contributed by atoms with van der Waals surface area (Å²) in [5.41, 5.74) is 1.08. The van der Waals surface area contributed by atoms with Crippen LogP contribution in [0.15, 0.2) is 18.2 Å². The molecule has 0 radical (unpaired) electrons. The van der Waals surface area contributed by atoms with Crippen molar-refractivity contribution in [2.45, 2.75) is 52.3 Å². The first-order chi connectivity index (χ1) is 10.2. The van der Waals surface area contributed by atoms with E-state index in [2.05, 4.69) is 16.0 Å². The second-order valence-electron chi connectivity index (χ2n) is 6.57. The van der Waals surface area contributed by atoms with Gasteiger partial charge in [0.25, 0.3) is 5.91 Å². The van der Waals surface area contributed by atoms with E-state index in [-0.39, 0.29) is 17.4 Å². The third-order valence-corrected chi connectivity index (χ3v) is 3.19. The van der Waals surface area contributed by atoms with E-state index < -0.39 is 12.1 Å². The van der Waals surface area contributed by atoms with Gasteiger partial charge in [0.15, 0.2) is 6.10 Å². The summed E-state index contributed by atoms with van der Waals surface area (Å²) in [6.45, 7) is 9.29. The third kappa shape index (κ3) is 3.90. The minimum absolute atomic E-state index is 0.0841. The van der Waals surface area contributed by atoms with Gasteiger partial charge in [0, 0.05) is 11.2 Å². The molecule has 6 nitrogen and oxygen atoms in total. The van der Waals surface area contributed by atoms with E-state index in [0.717, 1.165) is 5.69 Å². The quantitative estimate of drug-likeness (QED) is 0.799. The molecule has 6 heteroatoms. The Balaban J connectivity index is 2.07. The number of hydrogen-bond donors (Lipinski definition) is 3. The highest BCUT2D eigenvalue weighted by molar-refractivity contribution is 5.98. The number of benzene rings is 1. The zero-order chi connectivity index (χ0) is 16.5. The Bertz CT molecular complexity index is 593. The van der Waals surface area contributed by atoms with Crippen LogP contribution in [0, 0.1) is 0 Å². The maximum atomic E-state index is 12.1. The first-order valence-corrected chi connectivity index (χ1v) is 7.36. The van der Waals surface area contributed by atoms with Crippen molar-refractivity contribution in [3.63, 3.8) is 0 Å². The summed E-state index contributed by atoms with van der Waals surface area (Å²) < 4.78 is 5.50. The Morgan fingerprint density at radius 1 is 1.36 bits per heavy atom. The van der Waals surface area contributed by atoms with Gasteiger partial charge in [-0.25, -0.2) is 0 Å². The van der Waals surface area contributed by atoms with Crippen LogP contribution in [0.4, 0.5) is 11.4 Å². The van der Waals surface area contributed by atoms with Crippen LogP contribution in [0.5, 0.6) is 5.75 Å². The van der Waals surface area contributed by atoms with E-state index in [0.29, 0.717) is 11.4 Å². The molecular weight excluding hydrogens is 282 g/mol. The van der Waals surface area contributed by atoms with Crippen LogP contribution >= 0.6 is 0 Å². The molecule has 1 aliphatic rings. The maximum absolute atomic E-state index is 12.1. The molecule has 1 aliphatic heterocycles. The lowest BCUT2D eigenvalue weighted by molar-refractivity contribution is -0.123. The second kappa shape index (κ2) is 5.87. The molecule has 0 spiro atoms. The van der Waals surface area contributed by atoms with Gasteiger partial charge >= 0.3 is 0 Å². The first kappa shape index (κ1) is 16.1. The Kier molecular flexibility index (Phi) is 4.30. The Morgan fingerprint density at radius 3 is 2.68 bits per heavy atom. The molecule has 2 amide bonds. The van der Waals surface area contributed by atoms with Crippen LogP contribution in [0.1, 0.15) is 34.6 Å². The average Bonchev–Trinajstić information content (AvgIpc) is 2.38.